The maximum atomic E-state index is 5.36. The van der Waals surface area contributed by atoms with E-state index >= 15 is 0 Å². The van der Waals surface area contributed by atoms with E-state index < -0.39 is 0 Å². The van der Waals surface area contributed by atoms with E-state index in [1.165, 1.54) is 0 Å². The van der Waals surface area contributed by atoms with Crippen LogP contribution in [0, 0.1) is 0 Å². The lowest BCUT2D eigenvalue weighted by atomic mass is 10.1. The Bertz CT molecular complexity index is 183. The smallest absolute Gasteiger partial charge is 0.0977 e. The van der Waals surface area contributed by atoms with E-state index in [0.717, 1.165) is 19.4 Å². The van der Waals surface area contributed by atoms with Crippen LogP contribution < -0.4 is 0 Å². The third kappa shape index (κ3) is 7.74. The van der Waals surface area contributed by atoms with Crippen LogP contribution in [0.4, 0.5) is 0 Å². The fourth-order valence-electron chi connectivity index (χ4n) is 1.68. The van der Waals surface area contributed by atoms with Crippen LogP contribution in [-0.2, 0) is 9.78 Å². The molecule has 0 atom stereocenters. The molecule has 0 amide bonds. The molecule has 0 radical (unpaired) electrons. The number of rotatable bonds is 9. The summed E-state index contributed by atoms with van der Waals surface area (Å²) in [6, 6.07) is 1.17. The first kappa shape index (κ1) is 16.9. The van der Waals surface area contributed by atoms with Crippen molar-refractivity contribution in [2.45, 2.75) is 79.0 Å². The summed E-state index contributed by atoms with van der Waals surface area (Å²) in [6.45, 7) is 16.8. The van der Waals surface area contributed by atoms with E-state index in [9.17, 15) is 0 Å². The van der Waals surface area contributed by atoms with Gasteiger partial charge in [-0.3, -0.25) is 4.90 Å². The van der Waals surface area contributed by atoms with Gasteiger partial charge in [-0.05, 0) is 54.4 Å². The van der Waals surface area contributed by atoms with Crippen molar-refractivity contribution in [2.24, 2.45) is 0 Å². The van der Waals surface area contributed by atoms with Gasteiger partial charge in [-0.1, -0.05) is 6.92 Å². The lowest BCUT2D eigenvalue weighted by Crippen LogP contribution is -2.38. The van der Waals surface area contributed by atoms with Gasteiger partial charge in [0, 0.05) is 18.6 Å². The number of hydrogen-bond acceptors (Lipinski definition) is 3. The van der Waals surface area contributed by atoms with Gasteiger partial charge in [0.2, 0.25) is 0 Å². The average Bonchev–Trinajstić information content (AvgIpc) is 2.22. The first-order valence-electron chi connectivity index (χ1n) is 6.86. The van der Waals surface area contributed by atoms with Crippen LogP contribution in [0.3, 0.4) is 0 Å². The highest BCUT2D eigenvalue weighted by Gasteiger charge is 2.17. The summed E-state index contributed by atoms with van der Waals surface area (Å²) in [4.78, 5) is 13.1. The van der Waals surface area contributed by atoms with Crippen molar-refractivity contribution in [2.75, 3.05) is 13.2 Å². The molecule has 0 aromatic rings. The van der Waals surface area contributed by atoms with E-state index in [-0.39, 0.29) is 5.60 Å². The van der Waals surface area contributed by atoms with Gasteiger partial charge in [-0.15, -0.1) is 0 Å². The molecule has 0 fully saturated rings. The molecule has 0 unspecified atom stereocenters. The second kappa shape index (κ2) is 8.06. The van der Waals surface area contributed by atoms with Crippen molar-refractivity contribution in [3.63, 3.8) is 0 Å². The Kier molecular flexibility index (Phi) is 8.01. The lowest BCUT2D eigenvalue weighted by Gasteiger charge is -2.30. The highest BCUT2D eigenvalue weighted by atomic mass is 17.2. The Balaban J connectivity index is 3.70. The van der Waals surface area contributed by atoms with E-state index in [0.29, 0.717) is 18.7 Å². The van der Waals surface area contributed by atoms with Crippen LogP contribution in [0.25, 0.3) is 0 Å². The SMILES string of the molecule is CCC(C)(C)OOCCCN(C(C)C)C(C)C. The largest absolute Gasteiger partial charge is 0.298 e. The van der Waals surface area contributed by atoms with E-state index in [4.69, 9.17) is 9.78 Å². The zero-order valence-electron chi connectivity index (χ0n) is 12.7. The van der Waals surface area contributed by atoms with E-state index in [1.54, 1.807) is 0 Å². The molecular weight excluding hydrogens is 214 g/mol. The predicted molar refractivity (Wildman–Crippen MR) is 73.0 cm³/mol. The minimum absolute atomic E-state index is 0.171. The summed E-state index contributed by atoms with van der Waals surface area (Å²) in [5, 5.41) is 0. The second-order valence-electron chi connectivity index (χ2n) is 5.80. The molecule has 0 rings (SSSR count). The Morgan fingerprint density at radius 1 is 1.06 bits per heavy atom. The highest BCUT2D eigenvalue weighted by molar-refractivity contribution is 4.66. The van der Waals surface area contributed by atoms with Gasteiger partial charge in [-0.25, -0.2) is 9.78 Å². The summed E-state index contributed by atoms with van der Waals surface area (Å²) in [5.41, 5.74) is -0.171. The van der Waals surface area contributed by atoms with Crippen LogP contribution in [0.1, 0.15) is 61.3 Å². The monoisotopic (exact) mass is 245 g/mol. The molecule has 0 saturated carbocycles. The average molecular weight is 245 g/mol. The molecule has 104 valence electrons. The van der Waals surface area contributed by atoms with Crippen LogP contribution >= 0.6 is 0 Å². The first-order chi connectivity index (χ1) is 7.80. The summed E-state index contributed by atoms with van der Waals surface area (Å²) >= 11 is 0. The third-order valence-corrected chi connectivity index (χ3v) is 3.11. The highest BCUT2D eigenvalue weighted by Crippen LogP contribution is 2.14. The molecule has 0 saturated heterocycles. The van der Waals surface area contributed by atoms with Crippen molar-refractivity contribution in [1.82, 2.24) is 4.90 Å². The molecule has 0 N–H and O–H groups in total. The Hall–Kier alpha value is -0.120. The summed E-state index contributed by atoms with van der Waals surface area (Å²) in [6.07, 6.45) is 1.97. The quantitative estimate of drug-likeness (QED) is 0.352. The molecule has 0 aromatic heterocycles. The van der Waals surface area contributed by atoms with E-state index in [2.05, 4.69) is 39.5 Å². The minimum Gasteiger partial charge on any atom is -0.298 e. The summed E-state index contributed by atoms with van der Waals surface area (Å²) in [5.74, 6) is 0. The molecule has 0 aliphatic heterocycles. The molecule has 3 nitrogen and oxygen atoms in total. The molecule has 3 heteroatoms. The van der Waals surface area contributed by atoms with Gasteiger partial charge in [0.1, 0.15) is 0 Å². The van der Waals surface area contributed by atoms with Crippen molar-refractivity contribution < 1.29 is 9.78 Å². The van der Waals surface area contributed by atoms with Gasteiger partial charge in [0.25, 0.3) is 0 Å². The van der Waals surface area contributed by atoms with Crippen LogP contribution in [0.2, 0.25) is 0 Å². The van der Waals surface area contributed by atoms with Crippen LogP contribution in [0.5, 0.6) is 0 Å². The Morgan fingerprint density at radius 3 is 2.00 bits per heavy atom. The zero-order valence-corrected chi connectivity index (χ0v) is 12.7. The zero-order chi connectivity index (χ0) is 13.5. The number of hydrogen-bond donors (Lipinski definition) is 0. The Morgan fingerprint density at radius 2 is 1.59 bits per heavy atom. The van der Waals surface area contributed by atoms with Gasteiger partial charge in [0.15, 0.2) is 0 Å². The normalized spacial score (nSPS) is 13.1. The maximum Gasteiger partial charge on any atom is 0.0977 e. The molecule has 0 heterocycles. The molecule has 17 heavy (non-hydrogen) atoms. The molecule has 0 bridgehead atoms. The van der Waals surface area contributed by atoms with Gasteiger partial charge < -0.3 is 0 Å². The molecule has 0 spiro atoms. The lowest BCUT2D eigenvalue weighted by molar-refractivity contribution is -0.353. The Labute approximate surface area is 107 Å². The van der Waals surface area contributed by atoms with Crippen molar-refractivity contribution in [3.05, 3.63) is 0 Å². The molecule has 0 aliphatic carbocycles. The third-order valence-electron chi connectivity index (χ3n) is 3.11. The van der Waals surface area contributed by atoms with Crippen molar-refractivity contribution in [3.8, 4) is 0 Å². The van der Waals surface area contributed by atoms with Gasteiger partial charge >= 0.3 is 0 Å². The molecule has 0 aromatic carbocycles. The van der Waals surface area contributed by atoms with Gasteiger partial charge in [0.05, 0.1) is 12.2 Å². The fourth-order valence-corrected chi connectivity index (χ4v) is 1.68. The van der Waals surface area contributed by atoms with E-state index in [1.807, 2.05) is 13.8 Å². The number of nitrogens with zero attached hydrogens (tertiary/aromatic N) is 1. The van der Waals surface area contributed by atoms with Crippen molar-refractivity contribution in [1.29, 1.82) is 0 Å². The van der Waals surface area contributed by atoms with Crippen LogP contribution in [-0.4, -0.2) is 35.7 Å². The maximum absolute atomic E-state index is 5.36. The predicted octanol–water partition coefficient (Wildman–Crippen LogP) is 3.63. The topological polar surface area (TPSA) is 21.7 Å². The van der Waals surface area contributed by atoms with Crippen molar-refractivity contribution >= 4 is 0 Å². The second-order valence-corrected chi connectivity index (χ2v) is 5.80. The molecular formula is C14H31NO2. The molecule has 0 aliphatic rings. The van der Waals surface area contributed by atoms with Crippen LogP contribution in [0.15, 0.2) is 0 Å². The first-order valence-corrected chi connectivity index (χ1v) is 6.86. The summed E-state index contributed by atoms with van der Waals surface area (Å²) in [7, 11) is 0. The fraction of sp³-hybridized carbons (Fsp3) is 1.00. The minimum atomic E-state index is -0.171. The van der Waals surface area contributed by atoms with Gasteiger partial charge in [-0.2, -0.15) is 0 Å². The standard InChI is InChI=1S/C14H31NO2/c1-8-14(6,7)17-16-11-9-10-15(12(2)3)13(4)5/h12-13H,8-11H2,1-7H3. The summed E-state index contributed by atoms with van der Waals surface area (Å²) < 4.78 is 0.